The second-order valence-corrected chi connectivity index (χ2v) is 8.03. The van der Waals surface area contributed by atoms with Crippen LogP contribution in [0.25, 0.3) is 0 Å². The third-order valence-electron chi connectivity index (χ3n) is 4.91. The number of anilines is 1. The van der Waals surface area contributed by atoms with Gasteiger partial charge in [0, 0.05) is 19.5 Å². The Kier molecular flexibility index (Phi) is 3.61. The van der Waals surface area contributed by atoms with E-state index >= 15 is 0 Å². The quantitative estimate of drug-likeness (QED) is 0.824. The molecule has 0 aromatic carbocycles. The molecule has 0 spiro atoms. The second kappa shape index (κ2) is 5.14. The zero-order valence-corrected chi connectivity index (χ0v) is 13.6. The fourth-order valence-electron chi connectivity index (χ4n) is 3.33. The van der Waals surface area contributed by atoms with E-state index < -0.39 is 0 Å². The van der Waals surface area contributed by atoms with Crippen molar-refractivity contribution in [2.45, 2.75) is 64.8 Å². The van der Waals surface area contributed by atoms with E-state index in [0.29, 0.717) is 23.7 Å². The van der Waals surface area contributed by atoms with Crippen LogP contribution in [-0.4, -0.2) is 23.9 Å². The number of aryl methyl sites for hydroxylation is 1. The molecule has 0 atom stereocenters. The van der Waals surface area contributed by atoms with E-state index in [1.807, 2.05) is 0 Å². The van der Waals surface area contributed by atoms with Crippen LogP contribution in [0.1, 0.15) is 67.7 Å². The molecule has 1 fully saturated rings. The number of hydrogen-bond donors (Lipinski definition) is 0. The predicted molar refractivity (Wildman–Crippen MR) is 83.8 cm³/mol. The van der Waals surface area contributed by atoms with Crippen molar-refractivity contribution in [3.8, 4) is 0 Å². The van der Waals surface area contributed by atoms with Crippen molar-refractivity contribution in [3.63, 3.8) is 0 Å². The van der Waals surface area contributed by atoms with Crippen molar-refractivity contribution < 1.29 is 4.79 Å². The minimum atomic E-state index is 0.299. The fourth-order valence-corrected chi connectivity index (χ4v) is 4.45. The Hall–Kier alpha value is -0.900. The summed E-state index contributed by atoms with van der Waals surface area (Å²) in [5.41, 5.74) is 1.54. The van der Waals surface area contributed by atoms with E-state index in [0.717, 1.165) is 28.5 Å². The van der Waals surface area contributed by atoms with Gasteiger partial charge in [-0.3, -0.25) is 4.79 Å². The van der Waals surface area contributed by atoms with Gasteiger partial charge in [-0.15, -0.1) is 0 Å². The van der Waals surface area contributed by atoms with Crippen LogP contribution in [0.5, 0.6) is 0 Å². The fraction of sp³-hybridized carbons (Fsp3) is 0.750. The maximum Gasteiger partial charge on any atom is 0.186 e. The van der Waals surface area contributed by atoms with Gasteiger partial charge in [0.05, 0.1) is 10.6 Å². The minimum absolute atomic E-state index is 0.299. The Labute approximate surface area is 125 Å². The maximum atomic E-state index is 11.9. The molecule has 0 bridgehead atoms. The average Bonchev–Trinajstić information content (AvgIpc) is 2.83. The molecule has 0 unspecified atom stereocenters. The molecule has 1 aromatic rings. The highest BCUT2D eigenvalue weighted by Crippen LogP contribution is 2.39. The molecule has 1 aromatic heterocycles. The summed E-state index contributed by atoms with van der Waals surface area (Å²) in [6.07, 6.45) is 7.69. The van der Waals surface area contributed by atoms with Crippen molar-refractivity contribution >= 4 is 22.3 Å². The normalized spacial score (nSPS) is 22.6. The van der Waals surface area contributed by atoms with Crippen molar-refractivity contribution in [2.24, 2.45) is 5.41 Å². The van der Waals surface area contributed by atoms with Gasteiger partial charge in [-0.1, -0.05) is 25.2 Å². The Morgan fingerprint density at radius 2 is 1.95 bits per heavy atom. The number of carbonyl (C=O) groups excluding carboxylic acids is 1. The predicted octanol–water partition coefficient (Wildman–Crippen LogP) is 4.07. The molecular weight excluding hydrogens is 268 g/mol. The molecule has 0 amide bonds. The van der Waals surface area contributed by atoms with E-state index in [-0.39, 0.29) is 0 Å². The lowest BCUT2D eigenvalue weighted by Crippen LogP contribution is -2.37. The summed E-state index contributed by atoms with van der Waals surface area (Å²) in [6, 6.07) is 0.589. The zero-order chi connectivity index (χ0) is 14.3. The molecule has 0 aliphatic heterocycles. The zero-order valence-electron chi connectivity index (χ0n) is 12.7. The Bertz CT molecular complexity index is 511. The molecule has 0 radical (unpaired) electrons. The third-order valence-corrected chi connectivity index (χ3v) is 6.14. The lowest BCUT2D eigenvalue weighted by Gasteiger charge is -2.38. The van der Waals surface area contributed by atoms with Crippen molar-refractivity contribution in [3.05, 3.63) is 10.6 Å². The first-order chi connectivity index (χ1) is 9.46. The highest BCUT2D eigenvalue weighted by molar-refractivity contribution is 7.17. The molecule has 3 nitrogen and oxygen atoms in total. The van der Waals surface area contributed by atoms with Crippen LogP contribution in [0.15, 0.2) is 0 Å². The number of aromatic nitrogens is 1. The minimum Gasteiger partial charge on any atom is -0.348 e. The lowest BCUT2D eigenvalue weighted by atomic mass is 9.75. The molecule has 110 valence electrons. The number of rotatable bonds is 2. The third kappa shape index (κ3) is 2.62. The van der Waals surface area contributed by atoms with Gasteiger partial charge in [-0.2, -0.15) is 0 Å². The monoisotopic (exact) mass is 292 g/mol. The van der Waals surface area contributed by atoms with Crippen molar-refractivity contribution in [2.75, 3.05) is 11.9 Å². The molecule has 1 saturated carbocycles. The van der Waals surface area contributed by atoms with E-state index in [4.69, 9.17) is 4.98 Å². The van der Waals surface area contributed by atoms with Gasteiger partial charge in [0.2, 0.25) is 0 Å². The highest BCUT2D eigenvalue weighted by atomic mass is 32.1. The number of thiazole rings is 1. The lowest BCUT2D eigenvalue weighted by molar-refractivity contribution is 0.0976. The largest absolute Gasteiger partial charge is 0.348 e. The summed E-state index contributed by atoms with van der Waals surface area (Å²) >= 11 is 1.61. The number of Topliss-reactive ketones (excluding diaryl/α,β-unsaturated/α-hetero) is 1. The number of hydrogen-bond acceptors (Lipinski definition) is 4. The number of fused-ring (bicyclic) bond motifs is 1. The number of ketones is 1. The van der Waals surface area contributed by atoms with Crippen LogP contribution < -0.4 is 4.90 Å². The van der Waals surface area contributed by atoms with Gasteiger partial charge in [-0.05, 0) is 43.9 Å². The van der Waals surface area contributed by atoms with Gasteiger partial charge in [0.25, 0.3) is 0 Å². The summed E-state index contributed by atoms with van der Waals surface area (Å²) in [5, 5.41) is 1.05. The first kappa shape index (κ1) is 14.1. The maximum absolute atomic E-state index is 11.9. The van der Waals surface area contributed by atoms with Crippen LogP contribution in [0.2, 0.25) is 0 Å². The molecule has 2 aliphatic rings. The van der Waals surface area contributed by atoms with Crippen LogP contribution in [0.4, 0.5) is 5.13 Å². The number of nitrogens with zero attached hydrogens (tertiary/aromatic N) is 2. The number of carbonyl (C=O) groups is 1. The molecule has 1 heterocycles. The molecule has 4 heteroatoms. The van der Waals surface area contributed by atoms with Gasteiger partial charge < -0.3 is 4.90 Å². The second-order valence-electron chi connectivity index (χ2n) is 7.06. The van der Waals surface area contributed by atoms with Gasteiger partial charge in [0.1, 0.15) is 0 Å². The van der Waals surface area contributed by atoms with Crippen LogP contribution in [0.3, 0.4) is 0 Å². The van der Waals surface area contributed by atoms with E-state index in [2.05, 4.69) is 25.8 Å². The average molecular weight is 292 g/mol. The van der Waals surface area contributed by atoms with E-state index in [1.165, 1.54) is 25.7 Å². The summed E-state index contributed by atoms with van der Waals surface area (Å²) in [6.45, 7) is 4.73. The van der Waals surface area contributed by atoms with Gasteiger partial charge in [0.15, 0.2) is 10.9 Å². The van der Waals surface area contributed by atoms with Gasteiger partial charge in [-0.25, -0.2) is 4.98 Å². The Balaban J connectivity index is 1.75. The Morgan fingerprint density at radius 1 is 1.25 bits per heavy atom. The topological polar surface area (TPSA) is 33.2 Å². The SMILES string of the molecule is CN(c1nc2c(s1)C(=O)CCC2)C1CCC(C)(C)CC1. The highest BCUT2D eigenvalue weighted by Gasteiger charge is 2.31. The Morgan fingerprint density at radius 3 is 2.60 bits per heavy atom. The summed E-state index contributed by atoms with van der Waals surface area (Å²) in [4.78, 5) is 19.9. The first-order valence-electron chi connectivity index (χ1n) is 7.72. The van der Waals surface area contributed by atoms with Gasteiger partial charge >= 0.3 is 0 Å². The first-order valence-corrected chi connectivity index (χ1v) is 8.54. The van der Waals surface area contributed by atoms with E-state index in [1.54, 1.807) is 11.3 Å². The molecule has 2 aliphatic carbocycles. The summed E-state index contributed by atoms with van der Waals surface area (Å²) in [5.74, 6) is 0.299. The van der Waals surface area contributed by atoms with Crippen LogP contribution in [-0.2, 0) is 6.42 Å². The standard InChI is InChI=1S/C16H24N2OS/c1-16(2)9-7-11(8-10-16)18(3)15-17-12-5-4-6-13(19)14(12)20-15/h11H,4-10H2,1-3H3. The molecular formula is C16H24N2OS. The molecule has 0 saturated heterocycles. The smallest absolute Gasteiger partial charge is 0.186 e. The van der Waals surface area contributed by atoms with Crippen LogP contribution >= 0.6 is 11.3 Å². The molecule has 20 heavy (non-hydrogen) atoms. The summed E-state index contributed by atoms with van der Waals surface area (Å²) < 4.78 is 0. The van der Waals surface area contributed by atoms with Crippen LogP contribution in [0, 0.1) is 5.41 Å². The van der Waals surface area contributed by atoms with E-state index in [9.17, 15) is 4.79 Å². The summed E-state index contributed by atoms with van der Waals surface area (Å²) in [7, 11) is 2.15. The van der Waals surface area contributed by atoms with Crippen molar-refractivity contribution in [1.29, 1.82) is 0 Å². The van der Waals surface area contributed by atoms with Crippen molar-refractivity contribution in [1.82, 2.24) is 4.98 Å². The molecule has 3 rings (SSSR count). The molecule has 0 N–H and O–H groups in total.